The summed E-state index contributed by atoms with van der Waals surface area (Å²) in [5.41, 5.74) is -0.345. The molecule has 0 spiro atoms. The molecule has 0 bridgehead atoms. The summed E-state index contributed by atoms with van der Waals surface area (Å²) < 4.78 is 9.48. The number of ether oxygens (including phenoxy) is 2. The van der Waals surface area contributed by atoms with Gasteiger partial charge in [0.2, 0.25) is 0 Å². The molecule has 2 aromatic heterocycles. The Hall–Kier alpha value is -1.11. The van der Waals surface area contributed by atoms with Crippen LogP contribution in [-0.2, 0) is 19.2 Å². The van der Waals surface area contributed by atoms with Gasteiger partial charge in [0, 0.05) is 18.1 Å². The zero-order valence-electron chi connectivity index (χ0n) is 20.3. The number of aliphatic hydroxyl groups excluding tert-OH is 3. The maximum Gasteiger partial charge on any atom is 0.329 e. The second-order valence-corrected chi connectivity index (χ2v) is 11.5. The first-order valence-corrected chi connectivity index (χ1v) is 15.5. The molecule has 0 radical (unpaired) electrons. The minimum Gasteiger partial charge on any atom is -0.480 e. The Balaban J connectivity index is 0.000000580. The Morgan fingerprint density at radius 1 is 0.973 bits per heavy atom. The van der Waals surface area contributed by atoms with Gasteiger partial charge in [0.25, 0.3) is 0 Å². The highest BCUT2D eigenvalue weighted by atomic mass is 33.1. The van der Waals surface area contributed by atoms with Crippen molar-refractivity contribution in [3.63, 3.8) is 0 Å². The smallest absolute Gasteiger partial charge is 0.329 e. The van der Waals surface area contributed by atoms with E-state index in [1.54, 1.807) is 40.9 Å². The molecule has 0 saturated carbocycles. The van der Waals surface area contributed by atoms with Crippen molar-refractivity contribution in [2.75, 3.05) is 45.4 Å². The third-order valence-electron chi connectivity index (χ3n) is 3.37. The number of carboxylic acid groups (broad SMARTS) is 1. The molecule has 0 aliphatic heterocycles. The molecule has 2 rings (SSSR count). The summed E-state index contributed by atoms with van der Waals surface area (Å²) in [7, 11) is 6.11. The first kappa shape index (κ1) is 35.9. The van der Waals surface area contributed by atoms with Crippen molar-refractivity contribution >= 4 is 49.1 Å². The molecule has 0 aromatic carbocycles. The highest BCUT2D eigenvalue weighted by Gasteiger charge is 2.09. The van der Waals surface area contributed by atoms with E-state index in [0.29, 0.717) is 6.42 Å². The molecule has 15 heteroatoms. The monoisotopic (exact) mass is 598 g/mol. The third-order valence-corrected chi connectivity index (χ3v) is 8.09. The van der Waals surface area contributed by atoms with Gasteiger partial charge in [-0.05, 0) is 59.2 Å². The van der Waals surface area contributed by atoms with E-state index in [1.807, 2.05) is 36.4 Å². The molecule has 5 N–H and O–H groups in total. The Bertz CT molecular complexity index is 768. The number of hydrogen-bond donors (Lipinski definition) is 5. The maximum absolute atomic E-state index is 9.67. The molecule has 0 saturated heterocycles. The van der Waals surface area contributed by atoms with Gasteiger partial charge in [0.15, 0.2) is 0 Å². The van der Waals surface area contributed by atoms with Gasteiger partial charge in [-0.1, -0.05) is 33.7 Å². The van der Waals surface area contributed by atoms with E-state index in [2.05, 4.69) is 19.6 Å². The standard InChI is InChI=1S/C11H17NO4S2.C7H9NOS2.C4H8O4/c13-6-7-15-9-10(16-14)4-8-17-18-11-3-1-2-5-12-11;1-6(9)10-11-7-4-2-3-5-8-7;5-1-2-8-3-4(6)7/h1-3,5,10,13-14H,4,6-9H2;2-6,9H,1H3;5H,1-3H2,(H,6,7). The van der Waals surface area contributed by atoms with Crippen molar-refractivity contribution in [3.05, 3.63) is 48.8 Å². The number of rotatable bonds is 17. The van der Waals surface area contributed by atoms with E-state index in [-0.39, 0.29) is 51.2 Å². The second-order valence-electron chi connectivity index (χ2n) is 6.50. The Kier molecular flexibility index (Phi) is 25.7. The lowest BCUT2D eigenvalue weighted by Gasteiger charge is -2.12. The van der Waals surface area contributed by atoms with Crippen molar-refractivity contribution in [1.82, 2.24) is 9.97 Å². The van der Waals surface area contributed by atoms with E-state index < -0.39 is 5.97 Å². The molecule has 2 aromatic rings. The van der Waals surface area contributed by atoms with Gasteiger partial charge in [-0.3, -0.25) is 5.26 Å². The van der Waals surface area contributed by atoms with Crippen LogP contribution in [0.25, 0.3) is 0 Å². The number of carboxylic acids is 1. The number of nitrogens with zero attached hydrogens (tertiary/aromatic N) is 2. The highest BCUT2D eigenvalue weighted by Crippen LogP contribution is 2.31. The van der Waals surface area contributed by atoms with Gasteiger partial charge in [0.1, 0.15) is 28.2 Å². The van der Waals surface area contributed by atoms with Crippen LogP contribution in [-0.4, -0.2) is 98.6 Å². The molecule has 2 atom stereocenters. The maximum atomic E-state index is 9.67. The van der Waals surface area contributed by atoms with Crippen LogP contribution < -0.4 is 0 Å². The average molecular weight is 599 g/mol. The van der Waals surface area contributed by atoms with Crippen LogP contribution in [0.5, 0.6) is 0 Å². The summed E-state index contributed by atoms with van der Waals surface area (Å²) >= 11 is 0. The van der Waals surface area contributed by atoms with E-state index in [9.17, 15) is 4.79 Å². The normalized spacial score (nSPS) is 11.9. The van der Waals surface area contributed by atoms with Crippen LogP contribution in [0.3, 0.4) is 0 Å². The first-order chi connectivity index (χ1) is 17.9. The summed E-state index contributed by atoms with van der Waals surface area (Å²) in [6.45, 7) is 1.88. The number of carbonyl (C=O) groups is 1. The quantitative estimate of drug-likeness (QED) is 0.0590. The second kappa shape index (κ2) is 26.5. The molecule has 0 fully saturated rings. The fourth-order valence-electron chi connectivity index (χ4n) is 1.86. The molecule has 0 amide bonds. The lowest BCUT2D eigenvalue weighted by atomic mass is 10.3. The Labute approximate surface area is 232 Å². The molecular weight excluding hydrogens is 565 g/mol. The Morgan fingerprint density at radius 2 is 1.57 bits per heavy atom. The predicted molar refractivity (Wildman–Crippen MR) is 147 cm³/mol. The van der Waals surface area contributed by atoms with Gasteiger partial charge in [-0.2, -0.15) is 0 Å². The number of aliphatic carboxylic acids is 1. The van der Waals surface area contributed by atoms with E-state index in [1.165, 1.54) is 21.6 Å². The van der Waals surface area contributed by atoms with Gasteiger partial charge in [-0.25, -0.2) is 19.7 Å². The van der Waals surface area contributed by atoms with Crippen molar-refractivity contribution in [2.45, 2.75) is 34.9 Å². The molecule has 37 heavy (non-hydrogen) atoms. The predicted octanol–water partition coefficient (Wildman–Crippen LogP) is 3.32. The van der Waals surface area contributed by atoms with E-state index in [4.69, 9.17) is 30.4 Å². The molecule has 210 valence electrons. The number of aromatic nitrogens is 2. The topological polar surface area (TPSA) is 172 Å². The molecule has 0 aliphatic rings. The van der Waals surface area contributed by atoms with Gasteiger partial charge < -0.3 is 29.9 Å². The van der Waals surface area contributed by atoms with E-state index >= 15 is 0 Å². The summed E-state index contributed by atoms with van der Waals surface area (Å²) in [6.07, 6.45) is 3.82. The Morgan fingerprint density at radius 3 is 2.05 bits per heavy atom. The van der Waals surface area contributed by atoms with Crippen molar-refractivity contribution in [3.8, 4) is 0 Å². The van der Waals surface area contributed by atoms with Crippen LogP contribution in [0.2, 0.25) is 0 Å². The fraction of sp³-hybridized carbons (Fsp3) is 0.500. The SMILES string of the molecule is CC(O)SSc1ccccn1.O=C(O)COCCO.OCCOCC(CCSSc1ccccn1)OO. The fourth-order valence-corrected chi connectivity index (χ4v) is 5.35. The molecule has 11 nitrogen and oxygen atoms in total. The van der Waals surface area contributed by atoms with Crippen LogP contribution in [0.1, 0.15) is 13.3 Å². The van der Waals surface area contributed by atoms with Gasteiger partial charge in [-0.15, -0.1) is 0 Å². The first-order valence-electron chi connectivity index (χ1n) is 10.9. The number of aliphatic hydroxyl groups is 3. The largest absolute Gasteiger partial charge is 0.480 e. The lowest BCUT2D eigenvalue weighted by Crippen LogP contribution is -2.20. The van der Waals surface area contributed by atoms with Crippen LogP contribution in [0, 0.1) is 0 Å². The molecule has 2 heterocycles. The summed E-state index contributed by atoms with van der Waals surface area (Å²) in [5.74, 6) is -0.201. The van der Waals surface area contributed by atoms with Crippen LogP contribution >= 0.6 is 43.2 Å². The lowest BCUT2D eigenvalue weighted by molar-refractivity contribution is -0.287. The third kappa shape index (κ3) is 25.0. The zero-order chi connectivity index (χ0) is 27.6. The number of hydrogen-bond acceptors (Lipinski definition) is 14. The molecular formula is C22H34N2O9S4. The zero-order valence-corrected chi connectivity index (χ0v) is 23.6. The van der Waals surface area contributed by atoms with E-state index in [0.717, 1.165) is 15.8 Å². The summed E-state index contributed by atoms with van der Waals surface area (Å²) in [6, 6.07) is 11.5. The molecule has 2 unspecified atom stereocenters. The van der Waals surface area contributed by atoms with Crippen LogP contribution in [0.15, 0.2) is 58.8 Å². The minimum atomic E-state index is -1.02. The average Bonchev–Trinajstić information content (AvgIpc) is 2.91. The minimum absolute atomic E-state index is 0.0254. The van der Waals surface area contributed by atoms with Gasteiger partial charge in [0.05, 0.1) is 33.0 Å². The van der Waals surface area contributed by atoms with Gasteiger partial charge >= 0.3 is 5.97 Å². The van der Waals surface area contributed by atoms with Crippen molar-refractivity contribution in [1.29, 1.82) is 0 Å². The van der Waals surface area contributed by atoms with Crippen LogP contribution in [0.4, 0.5) is 0 Å². The highest BCUT2D eigenvalue weighted by molar-refractivity contribution is 8.77. The summed E-state index contributed by atoms with van der Waals surface area (Å²) in [4.78, 5) is 22.2. The summed E-state index contributed by atoms with van der Waals surface area (Å²) in [5, 5.41) is 44.0. The van der Waals surface area contributed by atoms with Crippen molar-refractivity contribution in [2.24, 2.45) is 0 Å². The van der Waals surface area contributed by atoms with Crippen molar-refractivity contribution < 1.29 is 44.8 Å². The molecule has 0 aliphatic carbocycles. The number of pyridine rings is 2.